The molecule has 162 valence electrons. The van der Waals surface area contributed by atoms with Crippen molar-refractivity contribution < 1.29 is 32.0 Å². The van der Waals surface area contributed by atoms with Crippen LogP contribution in [0.1, 0.15) is 16.1 Å². The Morgan fingerprint density at radius 2 is 1.74 bits per heavy atom. The highest BCUT2D eigenvalue weighted by molar-refractivity contribution is 6.03. The summed E-state index contributed by atoms with van der Waals surface area (Å²) in [6, 6.07) is 13.7. The first-order valence-corrected chi connectivity index (χ1v) is 9.07. The number of nitrogens with one attached hydrogen (secondary N) is 1. The number of carbonyl (C=O) groups is 2. The molecule has 0 fully saturated rings. The van der Waals surface area contributed by atoms with Crippen LogP contribution in [0.4, 0.5) is 18.9 Å². The summed E-state index contributed by atoms with van der Waals surface area (Å²) < 4.78 is 45.6. The van der Waals surface area contributed by atoms with Gasteiger partial charge >= 0.3 is 6.36 Å². The standard InChI is InChI=1S/C21H18F3N3O4/c1-13-18(19(26-31-13)14-6-4-3-5-7-14)20(29)27(2)12-17(28)25-15-8-10-16(11-9-15)30-21(22,23)24/h3-11H,12H2,1-2H3,(H,25,28). The summed E-state index contributed by atoms with van der Waals surface area (Å²) in [6.07, 6.45) is -4.80. The van der Waals surface area contributed by atoms with Gasteiger partial charge in [-0.25, -0.2) is 0 Å². The second-order valence-corrected chi connectivity index (χ2v) is 6.61. The summed E-state index contributed by atoms with van der Waals surface area (Å²) in [7, 11) is 1.45. The quantitative estimate of drug-likeness (QED) is 0.628. The Hall–Kier alpha value is -3.82. The fourth-order valence-corrected chi connectivity index (χ4v) is 2.84. The molecule has 0 unspecified atom stereocenters. The number of nitrogens with zero attached hydrogens (tertiary/aromatic N) is 2. The van der Waals surface area contributed by atoms with E-state index < -0.39 is 23.9 Å². The first-order chi connectivity index (χ1) is 14.6. The SMILES string of the molecule is Cc1onc(-c2ccccc2)c1C(=O)N(C)CC(=O)Nc1ccc(OC(F)(F)F)cc1. The molecule has 1 heterocycles. The maximum atomic E-state index is 12.9. The number of anilines is 1. The molecule has 0 radical (unpaired) electrons. The van der Waals surface area contributed by atoms with Gasteiger partial charge in [-0.2, -0.15) is 0 Å². The van der Waals surface area contributed by atoms with Crippen LogP contribution in [0.3, 0.4) is 0 Å². The lowest BCUT2D eigenvalue weighted by Gasteiger charge is -2.17. The van der Waals surface area contributed by atoms with Crippen LogP contribution in [0.2, 0.25) is 0 Å². The molecule has 0 bridgehead atoms. The first-order valence-electron chi connectivity index (χ1n) is 9.07. The smallest absolute Gasteiger partial charge is 0.406 e. The molecule has 1 aromatic heterocycles. The molecule has 2 aromatic carbocycles. The monoisotopic (exact) mass is 433 g/mol. The van der Waals surface area contributed by atoms with E-state index in [0.717, 1.165) is 12.1 Å². The molecule has 0 saturated heterocycles. The van der Waals surface area contributed by atoms with E-state index in [-0.39, 0.29) is 17.8 Å². The average Bonchev–Trinajstić information content (AvgIpc) is 3.09. The third-order valence-electron chi connectivity index (χ3n) is 4.22. The number of hydrogen-bond donors (Lipinski definition) is 1. The molecule has 0 aliphatic heterocycles. The average molecular weight is 433 g/mol. The summed E-state index contributed by atoms with van der Waals surface area (Å²) >= 11 is 0. The Balaban J connectivity index is 1.65. The van der Waals surface area contributed by atoms with Gasteiger partial charge in [-0.05, 0) is 31.2 Å². The second-order valence-electron chi connectivity index (χ2n) is 6.61. The van der Waals surface area contributed by atoms with Crippen LogP contribution in [0, 0.1) is 6.92 Å². The fourth-order valence-electron chi connectivity index (χ4n) is 2.84. The number of likely N-dealkylation sites (N-methyl/N-ethyl adjacent to an activating group) is 1. The number of amides is 2. The van der Waals surface area contributed by atoms with Crippen molar-refractivity contribution in [3.05, 3.63) is 65.9 Å². The molecule has 0 atom stereocenters. The molecule has 0 aliphatic carbocycles. The molecular weight excluding hydrogens is 415 g/mol. The molecule has 1 N–H and O–H groups in total. The maximum Gasteiger partial charge on any atom is 0.573 e. The van der Waals surface area contributed by atoms with Crippen LogP contribution in [0.25, 0.3) is 11.3 Å². The predicted molar refractivity (Wildman–Crippen MR) is 105 cm³/mol. The van der Waals surface area contributed by atoms with E-state index >= 15 is 0 Å². The molecule has 0 spiro atoms. The van der Waals surface area contributed by atoms with E-state index in [0.29, 0.717) is 17.0 Å². The number of benzene rings is 2. The normalized spacial score (nSPS) is 11.1. The molecule has 3 rings (SSSR count). The zero-order valence-electron chi connectivity index (χ0n) is 16.6. The molecule has 7 nitrogen and oxygen atoms in total. The molecule has 2 amide bonds. The fraction of sp³-hybridized carbons (Fsp3) is 0.190. The topological polar surface area (TPSA) is 84.7 Å². The highest BCUT2D eigenvalue weighted by Crippen LogP contribution is 2.26. The largest absolute Gasteiger partial charge is 0.573 e. The first kappa shape index (κ1) is 21.9. The van der Waals surface area contributed by atoms with E-state index in [1.807, 2.05) is 6.07 Å². The Bertz CT molecular complexity index is 1060. The molecule has 0 aliphatic rings. The summed E-state index contributed by atoms with van der Waals surface area (Å²) in [6.45, 7) is 1.31. The number of rotatable bonds is 6. The van der Waals surface area contributed by atoms with Gasteiger partial charge in [0.05, 0.1) is 6.54 Å². The highest BCUT2D eigenvalue weighted by atomic mass is 19.4. The summed E-state index contributed by atoms with van der Waals surface area (Å²) in [5.74, 6) is -1.08. The van der Waals surface area contributed by atoms with Crippen molar-refractivity contribution in [1.29, 1.82) is 0 Å². The van der Waals surface area contributed by atoms with E-state index in [2.05, 4.69) is 15.2 Å². The zero-order chi connectivity index (χ0) is 22.6. The van der Waals surface area contributed by atoms with Crippen molar-refractivity contribution in [3.8, 4) is 17.0 Å². The van der Waals surface area contributed by atoms with Crippen LogP contribution in [0.5, 0.6) is 5.75 Å². The van der Waals surface area contributed by atoms with Gasteiger partial charge in [0.25, 0.3) is 5.91 Å². The van der Waals surface area contributed by atoms with Crippen molar-refractivity contribution in [1.82, 2.24) is 10.1 Å². The van der Waals surface area contributed by atoms with E-state index in [1.165, 1.54) is 24.1 Å². The Morgan fingerprint density at radius 3 is 2.35 bits per heavy atom. The minimum absolute atomic E-state index is 0.246. The van der Waals surface area contributed by atoms with Gasteiger partial charge in [-0.15, -0.1) is 13.2 Å². The molecule has 3 aromatic rings. The number of alkyl halides is 3. The lowest BCUT2D eigenvalue weighted by Crippen LogP contribution is -2.35. The third-order valence-corrected chi connectivity index (χ3v) is 4.22. The lowest BCUT2D eigenvalue weighted by molar-refractivity contribution is -0.274. The van der Waals surface area contributed by atoms with E-state index in [1.54, 1.807) is 31.2 Å². The minimum atomic E-state index is -4.80. The van der Waals surface area contributed by atoms with Gasteiger partial charge in [0.2, 0.25) is 5.91 Å². The predicted octanol–water partition coefficient (Wildman–Crippen LogP) is 4.26. The number of carbonyl (C=O) groups excluding carboxylic acids is 2. The van der Waals surface area contributed by atoms with Crippen molar-refractivity contribution in [2.24, 2.45) is 0 Å². The summed E-state index contributed by atoms with van der Waals surface area (Å²) in [5, 5.41) is 6.47. The third kappa shape index (κ3) is 5.62. The molecular formula is C21H18F3N3O4. The van der Waals surface area contributed by atoms with Crippen molar-refractivity contribution in [2.45, 2.75) is 13.3 Å². The van der Waals surface area contributed by atoms with Crippen LogP contribution in [-0.2, 0) is 4.79 Å². The zero-order valence-corrected chi connectivity index (χ0v) is 16.6. The molecule has 10 heteroatoms. The number of halogens is 3. The Labute approximate surface area is 175 Å². The number of aromatic nitrogens is 1. The summed E-state index contributed by atoms with van der Waals surface area (Å²) in [4.78, 5) is 26.4. The van der Waals surface area contributed by atoms with Crippen LogP contribution < -0.4 is 10.1 Å². The van der Waals surface area contributed by atoms with Crippen molar-refractivity contribution in [2.75, 3.05) is 18.9 Å². The number of aryl methyl sites for hydroxylation is 1. The van der Waals surface area contributed by atoms with E-state index in [9.17, 15) is 22.8 Å². The van der Waals surface area contributed by atoms with Gasteiger partial charge in [0.1, 0.15) is 22.8 Å². The van der Waals surface area contributed by atoms with Gasteiger partial charge in [0, 0.05) is 18.3 Å². The molecule has 0 saturated carbocycles. The molecule has 31 heavy (non-hydrogen) atoms. The lowest BCUT2D eigenvalue weighted by atomic mass is 10.1. The van der Waals surface area contributed by atoms with Crippen LogP contribution >= 0.6 is 0 Å². The highest BCUT2D eigenvalue weighted by Gasteiger charge is 2.31. The minimum Gasteiger partial charge on any atom is -0.406 e. The Morgan fingerprint density at radius 1 is 1.10 bits per heavy atom. The van der Waals surface area contributed by atoms with Crippen molar-refractivity contribution >= 4 is 17.5 Å². The van der Waals surface area contributed by atoms with Gasteiger partial charge in [0.15, 0.2) is 0 Å². The van der Waals surface area contributed by atoms with Crippen molar-refractivity contribution in [3.63, 3.8) is 0 Å². The van der Waals surface area contributed by atoms with Gasteiger partial charge in [-0.3, -0.25) is 9.59 Å². The number of ether oxygens (including phenoxy) is 1. The maximum absolute atomic E-state index is 12.9. The van der Waals surface area contributed by atoms with Crippen LogP contribution in [0.15, 0.2) is 59.1 Å². The van der Waals surface area contributed by atoms with E-state index in [4.69, 9.17) is 4.52 Å². The van der Waals surface area contributed by atoms with Gasteiger partial charge < -0.3 is 19.5 Å². The van der Waals surface area contributed by atoms with Crippen LogP contribution in [-0.4, -0.2) is 41.8 Å². The second kappa shape index (κ2) is 8.90. The Kier molecular flexibility index (Phi) is 6.28. The van der Waals surface area contributed by atoms with Gasteiger partial charge in [-0.1, -0.05) is 35.5 Å². The summed E-state index contributed by atoms with van der Waals surface area (Å²) in [5.41, 5.74) is 1.57. The number of hydrogen-bond acceptors (Lipinski definition) is 5.